The minimum Gasteiger partial charge on any atom is -0.493 e. The highest BCUT2D eigenvalue weighted by molar-refractivity contribution is 6.13. The molecule has 0 amide bonds. The summed E-state index contributed by atoms with van der Waals surface area (Å²) >= 11 is 0. The second-order valence-corrected chi connectivity index (χ2v) is 5.15. The predicted molar refractivity (Wildman–Crippen MR) is 87.5 cm³/mol. The molecule has 0 saturated heterocycles. The summed E-state index contributed by atoms with van der Waals surface area (Å²) < 4.78 is 26.3. The molecular formula is C18H16O7. The van der Waals surface area contributed by atoms with Gasteiger partial charge in [-0.2, -0.15) is 0 Å². The van der Waals surface area contributed by atoms with Crippen LogP contribution in [0.25, 0.3) is 0 Å². The first-order valence-electron chi connectivity index (χ1n) is 7.36. The van der Waals surface area contributed by atoms with E-state index in [-0.39, 0.29) is 29.3 Å². The summed E-state index contributed by atoms with van der Waals surface area (Å²) in [7, 11) is 4.40. The molecule has 2 aromatic carbocycles. The van der Waals surface area contributed by atoms with Crippen molar-refractivity contribution in [3.05, 3.63) is 41.0 Å². The number of carbonyl (C=O) groups is 2. The topological polar surface area (TPSA) is 80.3 Å². The fourth-order valence-corrected chi connectivity index (χ4v) is 2.62. The highest BCUT2D eigenvalue weighted by Crippen LogP contribution is 2.40. The van der Waals surface area contributed by atoms with Gasteiger partial charge in [0, 0.05) is 16.7 Å². The molecule has 0 atom stereocenters. The number of fused-ring (bicyclic) bond motifs is 1. The summed E-state index contributed by atoms with van der Waals surface area (Å²) in [6.07, 6.45) is 0.604. The molecule has 130 valence electrons. The molecule has 0 aromatic heterocycles. The zero-order chi connectivity index (χ0) is 18.0. The molecule has 0 unspecified atom stereocenters. The summed E-state index contributed by atoms with van der Waals surface area (Å²) in [4.78, 5) is 24.3. The molecule has 0 fully saturated rings. The first kappa shape index (κ1) is 16.6. The largest absolute Gasteiger partial charge is 0.493 e. The first-order chi connectivity index (χ1) is 12.1. The van der Waals surface area contributed by atoms with Gasteiger partial charge in [0.1, 0.15) is 0 Å². The molecule has 0 radical (unpaired) electrons. The third-order valence-corrected chi connectivity index (χ3v) is 3.84. The molecule has 0 spiro atoms. The van der Waals surface area contributed by atoms with Crippen molar-refractivity contribution in [2.24, 2.45) is 0 Å². The zero-order valence-electron chi connectivity index (χ0n) is 14.0. The van der Waals surface area contributed by atoms with Gasteiger partial charge in [-0.05, 0) is 24.3 Å². The van der Waals surface area contributed by atoms with Crippen LogP contribution in [0.3, 0.4) is 0 Å². The lowest BCUT2D eigenvalue weighted by molar-refractivity contribution is 0.102. The van der Waals surface area contributed by atoms with Crippen LogP contribution >= 0.6 is 0 Å². The zero-order valence-corrected chi connectivity index (χ0v) is 14.0. The van der Waals surface area contributed by atoms with Crippen molar-refractivity contribution >= 4 is 12.1 Å². The molecule has 1 heterocycles. The van der Waals surface area contributed by atoms with Gasteiger partial charge < -0.3 is 23.7 Å². The number of methoxy groups -OCH3 is 3. The Bertz CT molecular complexity index is 817. The van der Waals surface area contributed by atoms with E-state index in [1.165, 1.54) is 45.6 Å². The van der Waals surface area contributed by atoms with E-state index >= 15 is 0 Å². The lowest BCUT2D eigenvalue weighted by atomic mass is 9.97. The summed E-state index contributed by atoms with van der Waals surface area (Å²) in [5.41, 5.74) is 0.702. The van der Waals surface area contributed by atoms with E-state index in [1.54, 1.807) is 0 Å². The average Bonchev–Trinajstić information content (AvgIpc) is 3.12. The summed E-state index contributed by atoms with van der Waals surface area (Å²) in [5, 5.41) is 0. The van der Waals surface area contributed by atoms with Gasteiger partial charge in [-0.15, -0.1) is 0 Å². The van der Waals surface area contributed by atoms with Crippen LogP contribution in [-0.4, -0.2) is 40.2 Å². The molecule has 2 aromatic rings. The second-order valence-electron chi connectivity index (χ2n) is 5.15. The van der Waals surface area contributed by atoms with Crippen LogP contribution in [0.15, 0.2) is 24.3 Å². The van der Waals surface area contributed by atoms with Gasteiger partial charge in [-0.25, -0.2) is 0 Å². The quantitative estimate of drug-likeness (QED) is 0.588. The molecule has 7 nitrogen and oxygen atoms in total. The maximum atomic E-state index is 13.0. The molecule has 25 heavy (non-hydrogen) atoms. The third kappa shape index (κ3) is 2.84. The Balaban J connectivity index is 2.11. The Kier molecular flexibility index (Phi) is 4.47. The lowest BCUT2D eigenvalue weighted by Gasteiger charge is -2.14. The van der Waals surface area contributed by atoms with E-state index < -0.39 is 0 Å². The summed E-state index contributed by atoms with van der Waals surface area (Å²) in [5.74, 6) is 1.55. The fourth-order valence-electron chi connectivity index (χ4n) is 2.62. The van der Waals surface area contributed by atoms with Crippen LogP contribution in [0, 0.1) is 0 Å². The van der Waals surface area contributed by atoms with Gasteiger partial charge in [0.05, 0.1) is 21.3 Å². The summed E-state index contributed by atoms with van der Waals surface area (Å²) in [6, 6.07) is 6.05. The van der Waals surface area contributed by atoms with E-state index in [4.69, 9.17) is 23.7 Å². The Morgan fingerprint density at radius 3 is 2.08 bits per heavy atom. The van der Waals surface area contributed by atoms with Gasteiger partial charge >= 0.3 is 0 Å². The van der Waals surface area contributed by atoms with Gasteiger partial charge in [0.25, 0.3) is 0 Å². The van der Waals surface area contributed by atoms with E-state index in [2.05, 4.69) is 0 Å². The van der Waals surface area contributed by atoms with Crippen molar-refractivity contribution in [2.75, 3.05) is 28.1 Å². The van der Waals surface area contributed by atoms with Crippen LogP contribution in [0.1, 0.15) is 26.3 Å². The van der Waals surface area contributed by atoms with Crippen molar-refractivity contribution in [3.8, 4) is 28.7 Å². The number of ether oxygens (including phenoxy) is 5. The molecule has 1 aliphatic heterocycles. The molecule has 0 bridgehead atoms. The van der Waals surface area contributed by atoms with E-state index in [1.807, 2.05) is 0 Å². The Hall–Kier alpha value is -3.22. The molecule has 3 rings (SSSR count). The lowest BCUT2D eigenvalue weighted by Crippen LogP contribution is -2.07. The minimum absolute atomic E-state index is 0.0510. The van der Waals surface area contributed by atoms with Crippen molar-refractivity contribution in [1.82, 2.24) is 0 Å². The van der Waals surface area contributed by atoms with E-state index in [0.717, 1.165) is 0 Å². The van der Waals surface area contributed by atoms with Gasteiger partial charge in [-0.3, -0.25) is 9.59 Å². The monoisotopic (exact) mass is 344 g/mol. The molecule has 1 aliphatic rings. The number of rotatable bonds is 6. The summed E-state index contributed by atoms with van der Waals surface area (Å²) in [6.45, 7) is 0.0510. The van der Waals surface area contributed by atoms with Gasteiger partial charge in [-0.1, -0.05) is 0 Å². The van der Waals surface area contributed by atoms with Crippen LogP contribution in [0.5, 0.6) is 28.7 Å². The highest BCUT2D eigenvalue weighted by atomic mass is 16.7. The number of aldehydes is 1. The number of benzene rings is 2. The second kappa shape index (κ2) is 6.72. The number of ketones is 1. The van der Waals surface area contributed by atoms with Crippen LogP contribution in [-0.2, 0) is 0 Å². The fraction of sp³-hybridized carbons (Fsp3) is 0.222. The third-order valence-electron chi connectivity index (χ3n) is 3.84. The first-order valence-corrected chi connectivity index (χ1v) is 7.36. The predicted octanol–water partition coefficient (Wildman–Crippen LogP) is 2.48. The van der Waals surface area contributed by atoms with Gasteiger partial charge in [0.2, 0.25) is 12.5 Å². The molecule has 0 saturated carbocycles. The van der Waals surface area contributed by atoms with Crippen molar-refractivity contribution in [2.45, 2.75) is 0 Å². The SMILES string of the molecule is COc1cc(C(=O)c2cc3c(cc2C=O)OCO3)cc(OC)c1OC. The highest BCUT2D eigenvalue weighted by Gasteiger charge is 2.24. The maximum Gasteiger partial charge on any atom is 0.231 e. The van der Waals surface area contributed by atoms with Gasteiger partial charge in [0.15, 0.2) is 35.1 Å². The molecule has 0 N–H and O–H groups in total. The van der Waals surface area contributed by atoms with Crippen LogP contribution in [0.4, 0.5) is 0 Å². The van der Waals surface area contributed by atoms with Crippen molar-refractivity contribution in [1.29, 1.82) is 0 Å². The Morgan fingerprint density at radius 1 is 0.960 bits per heavy atom. The number of hydrogen-bond acceptors (Lipinski definition) is 7. The van der Waals surface area contributed by atoms with Crippen molar-refractivity contribution in [3.63, 3.8) is 0 Å². The molecule has 7 heteroatoms. The standard InChI is InChI=1S/C18H16O7/c1-21-15-4-10(5-16(22-2)18(15)23-3)17(20)12-7-14-13(24-9-25-14)6-11(12)8-19/h4-8H,9H2,1-3H3. The smallest absolute Gasteiger partial charge is 0.231 e. The van der Waals surface area contributed by atoms with E-state index in [0.29, 0.717) is 35.0 Å². The van der Waals surface area contributed by atoms with E-state index in [9.17, 15) is 9.59 Å². The number of carbonyl (C=O) groups excluding carboxylic acids is 2. The molecule has 0 aliphatic carbocycles. The maximum absolute atomic E-state index is 13.0. The van der Waals surface area contributed by atoms with Crippen molar-refractivity contribution < 1.29 is 33.3 Å². The normalized spacial score (nSPS) is 11.8. The average molecular weight is 344 g/mol. The Morgan fingerprint density at radius 2 is 1.56 bits per heavy atom. The number of hydrogen-bond donors (Lipinski definition) is 0. The van der Waals surface area contributed by atoms with Crippen LogP contribution < -0.4 is 23.7 Å². The molecular weight excluding hydrogens is 328 g/mol. The Labute approximate surface area is 144 Å². The van der Waals surface area contributed by atoms with Crippen LogP contribution in [0.2, 0.25) is 0 Å². The minimum atomic E-state index is -0.375.